The number of aryl methyl sites for hydroxylation is 1. The van der Waals surface area contributed by atoms with Crippen molar-refractivity contribution in [2.45, 2.75) is 31.5 Å². The van der Waals surface area contributed by atoms with E-state index in [0.717, 1.165) is 72.8 Å². The number of hydrogen-bond acceptors (Lipinski definition) is 8. The van der Waals surface area contributed by atoms with Gasteiger partial charge in [0.25, 0.3) is 0 Å². The van der Waals surface area contributed by atoms with E-state index in [1.165, 1.54) is 5.56 Å². The molecule has 0 N–H and O–H groups in total. The fourth-order valence-corrected chi connectivity index (χ4v) is 5.84. The fraction of sp³-hybridized carbons (Fsp3) is 0.345. The van der Waals surface area contributed by atoms with Crippen molar-refractivity contribution in [2.24, 2.45) is 0 Å². The van der Waals surface area contributed by atoms with E-state index in [-0.39, 0.29) is 12.7 Å². The van der Waals surface area contributed by atoms with Gasteiger partial charge < -0.3 is 18.8 Å². The Morgan fingerprint density at radius 2 is 1.82 bits per heavy atom. The van der Waals surface area contributed by atoms with E-state index in [1.807, 2.05) is 39.8 Å². The van der Waals surface area contributed by atoms with Crippen molar-refractivity contribution in [3.8, 4) is 28.8 Å². The lowest BCUT2D eigenvalue weighted by atomic mass is 10.1. The number of amides is 1. The van der Waals surface area contributed by atoms with E-state index in [4.69, 9.17) is 13.9 Å². The number of piperazine rings is 1. The predicted octanol–water partition coefficient (Wildman–Crippen LogP) is 4.78. The summed E-state index contributed by atoms with van der Waals surface area (Å²) in [6.07, 6.45) is 2.94. The number of ether oxygens (including phenoxy) is 2. The molecule has 6 rings (SSSR count). The van der Waals surface area contributed by atoms with Crippen LogP contribution in [0.15, 0.2) is 70.4 Å². The van der Waals surface area contributed by atoms with Crippen LogP contribution in [-0.4, -0.2) is 69.2 Å². The quantitative estimate of drug-likeness (QED) is 0.219. The molecule has 9 nitrogen and oxygen atoms in total. The SMILES string of the molecule is Cc1ccccc1-n1c(SCCCC(=O)N2CCN(Cc3ccc4c(c3)OCO4)CC2)nnc1-c1ccco1. The summed E-state index contributed by atoms with van der Waals surface area (Å²) >= 11 is 1.62. The Labute approximate surface area is 231 Å². The molecule has 1 saturated heterocycles. The highest BCUT2D eigenvalue weighted by molar-refractivity contribution is 7.99. The van der Waals surface area contributed by atoms with Gasteiger partial charge in [-0.15, -0.1) is 10.2 Å². The number of para-hydroxylation sites is 1. The van der Waals surface area contributed by atoms with Gasteiger partial charge in [0.2, 0.25) is 18.5 Å². The van der Waals surface area contributed by atoms with Crippen LogP contribution in [0, 0.1) is 6.92 Å². The van der Waals surface area contributed by atoms with Crippen LogP contribution in [0.1, 0.15) is 24.0 Å². The Bertz CT molecular complexity index is 1430. The molecular weight excluding hydrogens is 514 g/mol. The van der Waals surface area contributed by atoms with Crippen LogP contribution in [0.2, 0.25) is 0 Å². The molecule has 39 heavy (non-hydrogen) atoms. The van der Waals surface area contributed by atoms with Crippen molar-refractivity contribution in [3.63, 3.8) is 0 Å². The number of hydrogen-bond donors (Lipinski definition) is 0. The van der Waals surface area contributed by atoms with Crippen molar-refractivity contribution in [1.29, 1.82) is 0 Å². The Hall–Kier alpha value is -3.76. The normalized spacial score (nSPS) is 15.2. The molecule has 0 spiro atoms. The molecule has 0 aliphatic carbocycles. The van der Waals surface area contributed by atoms with Crippen LogP contribution in [0.5, 0.6) is 11.5 Å². The van der Waals surface area contributed by atoms with Gasteiger partial charge in [-0.3, -0.25) is 14.3 Å². The van der Waals surface area contributed by atoms with Gasteiger partial charge >= 0.3 is 0 Å². The second kappa shape index (κ2) is 11.5. The van der Waals surface area contributed by atoms with Gasteiger partial charge in [0.15, 0.2) is 22.4 Å². The van der Waals surface area contributed by atoms with E-state index in [2.05, 4.69) is 46.3 Å². The number of benzene rings is 2. The number of fused-ring (bicyclic) bond motifs is 1. The highest BCUT2D eigenvalue weighted by Crippen LogP contribution is 2.33. The van der Waals surface area contributed by atoms with Crippen LogP contribution < -0.4 is 9.47 Å². The summed E-state index contributed by atoms with van der Waals surface area (Å²) in [4.78, 5) is 17.3. The smallest absolute Gasteiger partial charge is 0.231 e. The average Bonchev–Trinajstić information content (AvgIpc) is 3.73. The average molecular weight is 546 g/mol. The lowest BCUT2D eigenvalue weighted by Crippen LogP contribution is -2.48. The standard InChI is InChI=1S/C29H31N5O4S/c1-21-6-2-3-7-23(21)34-28(25-8-4-16-36-25)30-31-29(34)39-17-5-9-27(35)33-14-12-32(13-15-33)19-22-10-11-24-26(18-22)38-20-37-24/h2-4,6-8,10-11,16,18H,5,9,12-15,17,19-20H2,1H3. The molecule has 0 bridgehead atoms. The first-order valence-electron chi connectivity index (χ1n) is 13.2. The highest BCUT2D eigenvalue weighted by Gasteiger charge is 2.23. The third kappa shape index (κ3) is 5.67. The second-order valence-corrected chi connectivity index (χ2v) is 10.8. The molecule has 4 aromatic rings. The summed E-state index contributed by atoms with van der Waals surface area (Å²) < 4.78 is 18.6. The van der Waals surface area contributed by atoms with Crippen molar-refractivity contribution >= 4 is 17.7 Å². The first kappa shape index (κ1) is 25.5. The molecule has 0 unspecified atom stereocenters. The van der Waals surface area contributed by atoms with Crippen LogP contribution in [0.3, 0.4) is 0 Å². The number of aromatic nitrogens is 3. The molecule has 4 heterocycles. The monoisotopic (exact) mass is 545 g/mol. The molecule has 2 aliphatic heterocycles. The van der Waals surface area contributed by atoms with Crippen LogP contribution in [-0.2, 0) is 11.3 Å². The molecule has 0 atom stereocenters. The third-order valence-electron chi connectivity index (χ3n) is 7.07. The number of carbonyl (C=O) groups excluding carboxylic acids is 1. The molecule has 0 radical (unpaired) electrons. The van der Waals surface area contributed by atoms with Crippen molar-refractivity contribution in [1.82, 2.24) is 24.6 Å². The van der Waals surface area contributed by atoms with Crippen LogP contribution in [0.25, 0.3) is 17.3 Å². The molecule has 1 amide bonds. The zero-order chi connectivity index (χ0) is 26.6. The van der Waals surface area contributed by atoms with Crippen LogP contribution >= 0.6 is 11.8 Å². The minimum atomic E-state index is 0.218. The third-order valence-corrected chi connectivity index (χ3v) is 8.08. The first-order chi connectivity index (χ1) is 19.2. The van der Waals surface area contributed by atoms with E-state index < -0.39 is 0 Å². The van der Waals surface area contributed by atoms with Gasteiger partial charge in [-0.2, -0.15) is 0 Å². The Kier molecular flexibility index (Phi) is 7.55. The Morgan fingerprint density at radius 3 is 2.64 bits per heavy atom. The van der Waals surface area contributed by atoms with Gasteiger partial charge in [-0.1, -0.05) is 36.0 Å². The zero-order valence-electron chi connectivity index (χ0n) is 21.9. The van der Waals surface area contributed by atoms with E-state index in [1.54, 1.807) is 18.0 Å². The van der Waals surface area contributed by atoms with Gasteiger partial charge in [0.1, 0.15) is 0 Å². The molecule has 10 heteroatoms. The van der Waals surface area contributed by atoms with E-state index in [0.29, 0.717) is 18.0 Å². The number of nitrogens with zero attached hydrogens (tertiary/aromatic N) is 5. The summed E-state index contributed by atoms with van der Waals surface area (Å²) in [6.45, 7) is 6.44. The maximum absolute atomic E-state index is 12.9. The largest absolute Gasteiger partial charge is 0.461 e. The van der Waals surface area contributed by atoms with Crippen molar-refractivity contribution < 1.29 is 18.7 Å². The van der Waals surface area contributed by atoms with Gasteiger partial charge in [0, 0.05) is 44.9 Å². The van der Waals surface area contributed by atoms with Gasteiger partial charge in [-0.05, 0) is 54.8 Å². The van der Waals surface area contributed by atoms with E-state index in [9.17, 15) is 4.79 Å². The lowest BCUT2D eigenvalue weighted by molar-refractivity contribution is -0.133. The molecule has 2 aromatic carbocycles. The topological polar surface area (TPSA) is 85.9 Å². The summed E-state index contributed by atoms with van der Waals surface area (Å²) in [6, 6.07) is 18.0. The number of furan rings is 1. The maximum atomic E-state index is 12.9. The number of rotatable bonds is 9. The minimum Gasteiger partial charge on any atom is -0.461 e. The molecular formula is C29H31N5O4S. The van der Waals surface area contributed by atoms with Crippen molar-refractivity contribution in [2.75, 3.05) is 38.7 Å². The van der Waals surface area contributed by atoms with Gasteiger partial charge in [0.05, 0.1) is 12.0 Å². The van der Waals surface area contributed by atoms with Crippen LogP contribution in [0.4, 0.5) is 0 Å². The second-order valence-electron chi connectivity index (χ2n) is 9.70. The Balaban J connectivity index is 1.00. The summed E-state index contributed by atoms with van der Waals surface area (Å²) in [5.41, 5.74) is 3.34. The lowest BCUT2D eigenvalue weighted by Gasteiger charge is -2.34. The molecule has 202 valence electrons. The fourth-order valence-electron chi connectivity index (χ4n) is 4.96. The van der Waals surface area contributed by atoms with Gasteiger partial charge in [-0.25, -0.2) is 0 Å². The minimum absolute atomic E-state index is 0.218. The summed E-state index contributed by atoms with van der Waals surface area (Å²) in [7, 11) is 0. The highest BCUT2D eigenvalue weighted by atomic mass is 32.2. The molecule has 2 aliphatic rings. The predicted molar refractivity (Wildman–Crippen MR) is 148 cm³/mol. The Morgan fingerprint density at radius 1 is 0.974 bits per heavy atom. The number of carbonyl (C=O) groups is 1. The summed E-state index contributed by atoms with van der Waals surface area (Å²) in [5.74, 6) is 3.96. The zero-order valence-corrected chi connectivity index (χ0v) is 22.7. The summed E-state index contributed by atoms with van der Waals surface area (Å²) in [5, 5.41) is 9.67. The molecule has 1 fully saturated rings. The molecule has 0 saturated carbocycles. The molecule has 2 aromatic heterocycles. The van der Waals surface area contributed by atoms with E-state index >= 15 is 0 Å². The number of thioether (sulfide) groups is 1. The maximum Gasteiger partial charge on any atom is 0.231 e. The van der Waals surface area contributed by atoms with Crippen molar-refractivity contribution in [3.05, 3.63) is 72.0 Å². The first-order valence-corrected chi connectivity index (χ1v) is 14.2.